The van der Waals surface area contributed by atoms with E-state index >= 15 is 0 Å². The van der Waals surface area contributed by atoms with Crippen molar-refractivity contribution in [3.8, 4) is 0 Å². The molecule has 0 aromatic carbocycles. The number of carboxylic acids is 2. The molecule has 0 aromatic rings. The van der Waals surface area contributed by atoms with Crippen LogP contribution in [0.3, 0.4) is 0 Å². The molecule has 0 bridgehead atoms. The maximum Gasteiger partial charge on any atom is 0.326 e. The minimum atomic E-state index is -1.53. The summed E-state index contributed by atoms with van der Waals surface area (Å²) in [6.07, 6.45) is -1.93. The van der Waals surface area contributed by atoms with Gasteiger partial charge in [0, 0.05) is 6.42 Å². The largest absolute Gasteiger partial charge is 0.481 e. The van der Waals surface area contributed by atoms with Crippen LogP contribution in [0.5, 0.6) is 0 Å². The molecule has 4 amide bonds. The Morgan fingerprint density at radius 3 is 1.82 bits per heavy atom. The number of aliphatic hydroxyl groups is 1. The monoisotopic (exact) mass is 490 g/mol. The van der Waals surface area contributed by atoms with Gasteiger partial charge in [-0.3, -0.25) is 24.0 Å². The van der Waals surface area contributed by atoms with Crippen LogP contribution in [0.2, 0.25) is 0 Å². The van der Waals surface area contributed by atoms with Crippen molar-refractivity contribution >= 4 is 35.6 Å². The van der Waals surface area contributed by atoms with Gasteiger partial charge in [-0.1, -0.05) is 0 Å². The molecule has 15 nitrogen and oxygen atoms in total. The number of aliphatic hydroxyl groups excluding tert-OH is 1. The van der Waals surface area contributed by atoms with Crippen LogP contribution < -0.4 is 33.2 Å². The van der Waals surface area contributed by atoms with Gasteiger partial charge in [-0.2, -0.15) is 0 Å². The number of carbonyl (C=O) groups is 6. The Bertz CT molecular complexity index is 746. The highest BCUT2D eigenvalue weighted by atomic mass is 16.4. The molecule has 0 aliphatic rings. The average molecular weight is 491 g/mol. The van der Waals surface area contributed by atoms with E-state index in [0.29, 0.717) is 12.8 Å². The van der Waals surface area contributed by atoms with Gasteiger partial charge in [0.1, 0.15) is 24.2 Å². The highest BCUT2D eigenvalue weighted by molar-refractivity contribution is 5.96. The van der Waals surface area contributed by atoms with Gasteiger partial charge >= 0.3 is 11.9 Å². The normalized spacial score (nSPS) is 15.2. The van der Waals surface area contributed by atoms with Gasteiger partial charge in [-0.15, -0.1) is 0 Å². The second-order valence-corrected chi connectivity index (χ2v) is 7.68. The fourth-order valence-corrected chi connectivity index (χ4v) is 2.73. The number of primary amides is 1. The molecule has 0 fully saturated rings. The molecular formula is C19H34N6O9. The number of hydrogen-bond acceptors (Lipinski definition) is 9. The first kappa shape index (κ1) is 30.7. The number of rotatable bonds is 17. The number of amides is 4. The van der Waals surface area contributed by atoms with Crippen molar-refractivity contribution in [2.24, 2.45) is 17.2 Å². The Morgan fingerprint density at radius 1 is 0.824 bits per heavy atom. The highest BCUT2D eigenvalue weighted by Crippen LogP contribution is 2.06. The van der Waals surface area contributed by atoms with Crippen molar-refractivity contribution in [2.75, 3.05) is 6.54 Å². The summed E-state index contributed by atoms with van der Waals surface area (Å²) in [5.74, 6) is -6.50. The Morgan fingerprint density at radius 2 is 1.35 bits per heavy atom. The van der Waals surface area contributed by atoms with Crippen LogP contribution in [0.4, 0.5) is 0 Å². The lowest BCUT2D eigenvalue weighted by Crippen LogP contribution is -2.58. The van der Waals surface area contributed by atoms with E-state index in [1.54, 1.807) is 0 Å². The van der Waals surface area contributed by atoms with Crippen LogP contribution >= 0.6 is 0 Å². The third-order valence-corrected chi connectivity index (χ3v) is 4.70. The molecule has 0 spiro atoms. The smallest absolute Gasteiger partial charge is 0.326 e. The molecule has 0 aliphatic carbocycles. The van der Waals surface area contributed by atoms with E-state index in [4.69, 9.17) is 22.3 Å². The van der Waals surface area contributed by atoms with Gasteiger partial charge in [0.05, 0.1) is 12.5 Å². The summed E-state index contributed by atoms with van der Waals surface area (Å²) >= 11 is 0. The van der Waals surface area contributed by atoms with Gasteiger partial charge in [-0.25, -0.2) is 4.79 Å². The Kier molecular flexibility index (Phi) is 14.0. The van der Waals surface area contributed by atoms with Crippen molar-refractivity contribution in [3.63, 3.8) is 0 Å². The van der Waals surface area contributed by atoms with Crippen LogP contribution in [0.15, 0.2) is 0 Å². The van der Waals surface area contributed by atoms with Crippen molar-refractivity contribution in [1.82, 2.24) is 16.0 Å². The van der Waals surface area contributed by atoms with Crippen molar-refractivity contribution in [3.05, 3.63) is 0 Å². The summed E-state index contributed by atoms with van der Waals surface area (Å²) in [7, 11) is 0. The molecular weight excluding hydrogens is 456 g/mol. The minimum Gasteiger partial charge on any atom is -0.481 e. The lowest BCUT2D eigenvalue weighted by molar-refractivity contribution is -0.143. The quantitative estimate of drug-likeness (QED) is 0.0888. The minimum absolute atomic E-state index is 0.0322. The second kappa shape index (κ2) is 15.5. The lowest BCUT2D eigenvalue weighted by atomic mass is 10.0. The van der Waals surface area contributed by atoms with Crippen molar-refractivity contribution in [1.29, 1.82) is 0 Å². The third kappa shape index (κ3) is 12.1. The Hall–Kier alpha value is -3.30. The van der Waals surface area contributed by atoms with E-state index in [-0.39, 0.29) is 13.0 Å². The van der Waals surface area contributed by atoms with E-state index in [1.165, 1.54) is 6.92 Å². The standard InChI is InChI=1S/C19H34N6O9/c1-9(26)15(22)18(32)25-12(8-13(21)27)17(31)23-10(4-2-3-7-20)16(30)24-11(19(33)34)5-6-14(28)29/h9-12,15,26H,2-8,20,22H2,1H3,(H2,21,27)(H,23,31)(H,24,30)(H,25,32)(H,28,29)(H,33,34). The van der Waals surface area contributed by atoms with Crippen LogP contribution in [0.1, 0.15) is 45.4 Å². The Balaban J connectivity index is 5.55. The van der Waals surface area contributed by atoms with Crippen molar-refractivity contribution in [2.45, 2.75) is 75.7 Å². The molecule has 0 radical (unpaired) electrons. The fraction of sp³-hybridized carbons (Fsp3) is 0.684. The van der Waals surface area contributed by atoms with Gasteiger partial charge in [0.2, 0.25) is 23.6 Å². The molecule has 12 N–H and O–H groups in total. The number of carbonyl (C=O) groups excluding carboxylic acids is 4. The Labute approximate surface area is 195 Å². The predicted octanol–water partition coefficient (Wildman–Crippen LogP) is -3.90. The molecule has 34 heavy (non-hydrogen) atoms. The number of nitrogens with two attached hydrogens (primary N) is 3. The van der Waals surface area contributed by atoms with E-state index in [2.05, 4.69) is 16.0 Å². The van der Waals surface area contributed by atoms with E-state index in [1.807, 2.05) is 0 Å². The number of nitrogens with one attached hydrogen (secondary N) is 3. The molecule has 0 aromatic heterocycles. The maximum atomic E-state index is 12.8. The summed E-state index contributed by atoms with van der Waals surface area (Å²) < 4.78 is 0. The summed E-state index contributed by atoms with van der Waals surface area (Å²) in [5, 5.41) is 34.2. The van der Waals surface area contributed by atoms with E-state index in [9.17, 15) is 39.0 Å². The lowest BCUT2D eigenvalue weighted by Gasteiger charge is -2.25. The summed E-state index contributed by atoms with van der Waals surface area (Å²) in [6, 6.07) is -5.75. The van der Waals surface area contributed by atoms with Crippen LogP contribution in [0, 0.1) is 0 Å². The van der Waals surface area contributed by atoms with Crippen LogP contribution in [-0.4, -0.2) is 87.7 Å². The number of unbranched alkanes of at least 4 members (excludes halogenated alkanes) is 1. The predicted molar refractivity (Wildman–Crippen MR) is 117 cm³/mol. The number of hydrogen-bond donors (Lipinski definition) is 9. The number of aliphatic carboxylic acids is 2. The van der Waals surface area contributed by atoms with E-state index < -0.39 is 85.1 Å². The number of carboxylic acid groups (broad SMARTS) is 2. The average Bonchev–Trinajstić information content (AvgIpc) is 2.73. The highest BCUT2D eigenvalue weighted by Gasteiger charge is 2.31. The topological polar surface area (TPSA) is 277 Å². The molecule has 194 valence electrons. The summed E-state index contributed by atoms with van der Waals surface area (Å²) in [5.41, 5.74) is 16.1. The molecule has 15 heteroatoms. The van der Waals surface area contributed by atoms with Crippen LogP contribution in [-0.2, 0) is 28.8 Å². The fourth-order valence-electron chi connectivity index (χ4n) is 2.73. The third-order valence-electron chi connectivity index (χ3n) is 4.70. The van der Waals surface area contributed by atoms with Gasteiger partial charge in [-0.05, 0) is 39.2 Å². The van der Waals surface area contributed by atoms with Crippen molar-refractivity contribution < 1.29 is 44.1 Å². The molecule has 5 unspecified atom stereocenters. The molecule has 0 rings (SSSR count). The maximum absolute atomic E-state index is 12.8. The van der Waals surface area contributed by atoms with Gasteiger partial charge in [0.25, 0.3) is 0 Å². The molecule has 0 saturated heterocycles. The van der Waals surface area contributed by atoms with E-state index in [0.717, 1.165) is 0 Å². The molecule has 0 saturated carbocycles. The summed E-state index contributed by atoms with van der Waals surface area (Å²) in [6.45, 7) is 1.53. The molecule has 5 atom stereocenters. The SMILES string of the molecule is CC(O)C(N)C(=O)NC(CC(N)=O)C(=O)NC(CCCCN)C(=O)NC(CCC(=O)O)C(=O)O. The first-order chi connectivity index (χ1) is 15.8. The van der Waals surface area contributed by atoms with Gasteiger partial charge in [0.15, 0.2) is 0 Å². The van der Waals surface area contributed by atoms with Gasteiger partial charge < -0.3 is 48.5 Å². The first-order valence-corrected chi connectivity index (χ1v) is 10.6. The second-order valence-electron chi connectivity index (χ2n) is 7.68. The zero-order valence-corrected chi connectivity index (χ0v) is 18.9. The van der Waals surface area contributed by atoms with Crippen LogP contribution in [0.25, 0.3) is 0 Å². The molecule has 0 heterocycles. The zero-order chi connectivity index (χ0) is 26.4. The summed E-state index contributed by atoms with van der Waals surface area (Å²) in [4.78, 5) is 71.1. The molecule has 0 aliphatic heterocycles. The first-order valence-electron chi connectivity index (χ1n) is 10.6. The zero-order valence-electron chi connectivity index (χ0n) is 18.9.